The largest absolute Gasteiger partial charge is 0.256 e. The van der Waals surface area contributed by atoms with Gasteiger partial charge in [-0.3, -0.25) is 4.99 Å². The van der Waals surface area contributed by atoms with Crippen molar-refractivity contribution in [1.82, 2.24) is 0 Å². The monoisotopic (exact) mass is 107 g/mol. The highest BCUT2D eigenvalue weighted by atomic mass is 14.7. The summed E-state index contributed by atoms with van der Waals surface area (Å²) in [7, 11) is 0. The van der Waals surface area contributed by atoms with Gasteiger partial charge in [-0.05, 0) is 25.8 Å². The Morgan fingerprint density at radius 2 is 2.38 bits per heavy atom. The van der Waals surface area contributed by atoms with Crippen molar-refractivity contribution in [2.24, 2.45) is 4.99 Å². The molecule has 42 valence electrons. The molecule has 1 nitrogen and oxygen atoms in total. The minimum Gasteiger partial charge on any atom is -0.256 e. The normalized spacial score (nSPS) is 6.62. The molecule has 0 aliphatic heterocycles. The van der Waals surface area contributed by atoms with E-state index in [2.05, 4.69) is 24.0 Å². The molecular formula is C7H9N. The third-order valence-corrected chi connectivity index (χ3v) is 0.656. The first kappa shape index (κ1) is 6.93. The van der Waals surface area contributed by atoms with Gasteiger partial charge in [0, 0.05) is 0 Å². The van der Waals surface area contributed by atoms with E-state index in [9.17, 15) is 0 Å². The molecule has 0 bridgehead atoms. The molecule has 0 radical (unpaired) electrons. The smallest absolute Gasteiger partial charge is 0.103 e. The zero-order chi connectivity index (χ0) is 6.41. The molecule has 0 aliphatic rings. The van der Waals surface area contributed by atoms with Gasteiger partial charge in [0.15, 0.2) is 0 Å². The van der Waals surface area contributed by atoms with Crippen LogP contribution in [0.2, 0.25) is 0 Å². The maximum Gasteiger partial charge on any atom is 0.103 e. The predicted molar refractivity (Wildman–Crippen MR) is 37.0 cm³/mol. The Hall–Kier alpha value is -1.07. The highest BCUT2D eigenvalue weighted by Crippen LogP contribution is 1.90. The number of aliphatic imine (C=N–C) groups is 1. The quantitative estimate of drug-likeness (QED) is 0.290. The Bertz CT molecular complexity index is 138. The molecule has 0 spiro atoms. The van der Waals surface area contributed by atoms with Crippen LogP contribution in [0.1, 0.15) is 6.92 Å². The van der Waals surface area contributed by atoms with Crippen molar-refractivity contribution in [3.8, 4) is 0 Å². The summed E-state index contributed by atoms with van der Waals surface area (Å²) in [4.78, 5) is 3.60. The Morgan fingerprint density at radius 1 is 1.75 bits per heavy atom. The first-order valence-corrected chi connectivity index (χ1v) is 2.35. The molecule has 0 atom stereocenters. The van der Waals surface area contributed by atoms with Crippen LogP contribution in [0, 0.1) is 0 Å². The Kier molecular flexibility index (Phi) is 3.55. The third kappa shape index (κ3) is 2.17. The van der Waals surface area contributed by atoms with Crippen molar-refractivity contribution in [1.29, 1.82) is 0 Å². The summed E-state index contributed by atoms with van der Waals surface area (Å²) in [5.41, 5.74) is 3.51. The van der Waals surface area contributed by atoms with Crippen molar-refractivity contribution in [2.75, 3.05) is 0 Å². The number of allylic oxidation sites excluding steroid dienone is 1. The van der Waals surface area contributed by atoms with Gasteiger partial charge < -0.3 is 0 Å². The van der Waals surface area contributed by atoms with E-state index in [0.717, 1.165) is 0 Å². The van der Waals surface area contributed by atoms with E-state index in [4.69, 9.17) is 0 Å². The molecular weight excluding hydrogens is 98.1 g/mol. The van der Waals surface area contributed by atoms with E-state index < -0.39 is 0 Å². The van der Waals surface area contributed by atoms with Crippen LogP contribution in [0.3, 0.4) is 0 Å². The van der Waals surface area contributed by atoms with Crippen molar-refractivity contribution >= 4 is 6.72 Å². The van der Waals surface area contributed by atoms with Crippen LogP contribution in [-0.2, 0) is 0 Å². The van der Waals surface area contributed by atoms with E-state index in [1.54, 1.807) is 12.2 Å². The fourth-order valence-electron chi connectivity index (χ4n) is 0.317. The molecule has 0 unspecified atom stereocenters. The highest BCUT2D eigenvalue weighted by molar-refractivity contribution is 5.32. The standard InChI is InChI=1S/C7H9N/c1-4-6-7(5-2)8-3/h4-5H,2-3H2,1H3. The van der Waals surface area contributed by atoms with E-state index in [0.29, 0.717) is 5.70 Å². The first-order chi connectivity index (χ1) is 3.85. The second-order valence-electron chi connectivity index (χ2n) is 1.18. The van der Waals surface area contributed by atoms with Crippen molar-refractivity contribution in [3.05, 3.63) is 30.2 Å². The first-order valence-electron chi connectivity index (χ1n) is 2.35. The average molecular weight is 107 g/mol. The number of rotatable bonds is 2. The lowest BCUT2D eigenvalue weighted by Gasteiger charge is -1.78. The summed E-state index contributed by atoms with van der Waals surface area (Å²) in [6.07, 6.45) is 3.37. The molecule has 0 saturated heterocycles. The van der Waals surface area contributed by atoms with E-state index in [1.165, 1.54) is 0 Å². The van der Waals surface area contributed by atoms with Gasteiger partial charge in [-0.1, -0.05) is 12.3 Å². The summed E-state index contributed by atoms with van der Waals surface area (Å²) >= 11 is 0. The van der Waals surface area contributed by atoms with Gasteiger partial charge in [-0.2, -0.15) is 0 Å². The minimum atomic E-state index is 0.688. The van der Waals surface area contributed by atoms with Crippen LogP contribution in [0.5, 0.6) is 0 Å². The zero-order valence-electron chi connectivity index (χ0n) is 5.02. The summed E-state index contributed by atoms with van der Waals surface area (Å²) in [5.74, 6) is 0. The summed E-state index contributed by atoms with van der Waals surface area (Å²) in [5, 5.41) is 0. The summed E-state index contributed by atoms with van der Waals surface area (Å²) < 4.78 is 0. The fraction of sp³-hybridized carbons (Fsp3) is 0.143. The zero-order valence-corrected chi connectivity index (χ0v) is 5.02. The van der Waals surface area contributed by atoms with Crippen LogP contribution in [0.15, 0.2) is 35.2 Å². The van der Waals surface area contributed by atoms with Crippen molar-refractivity contribution in [2.45, 2.75) is 6.92 Å². The SMILES string of the molecule is C=CC(=C=CC)N=C. The lowest BCUT2D eigenvalue weighted by atomic mass is 10.4. The lowest BCUT2D eigenvalue weighted by Crippen LogP contribution is -1.60. The van der Waals surface area contributed by atoms with Gasteiger partial charge in [-0.15, -0.1) is 0 Å². The summed E-state index contributed by atoms with van der Waals surface area (Å²) in [6.45, 7) is 8.68. The van der Waals surface area contributed by atoms with Gasteiger partial charge >= 0.3 is 0 Å². The molecule has 0 heterocycles. The maximum absolute atomic E-state index is 3.60. The van der Waals surface area contributed by atoms with Gasteiger partial charge in [0.05, 0.1) is 0 Å². The Balaban J connectivity index is 4.31. The lowest BCUT2D eigenvalue weighted by molar-refractivity contribution is 1.45. The molecule has 0 amide bonds. The van der Waals surface area contributed by atoms with Gasteiger partial charge in [0.25, 0.3) is 0 Å². The fourth-order valence-corrected chi connectivity index (χ4v) is 0.317. The topological polar surface area (TPSA) is 12.4 Å². The molecule has 0 aromatic carbocycles. The molecule has 0 rings (SSSR count). The minimum absolute atomic E-state index is 0.688. The Labute approximate surface area is 49.8 Å². The Morgan fingerprint density at radius 3 is 2.50 bits per heavy atom. The van der Waals surface area contributed by atoms with Gasteiger partial charge in [0.2, 0.25) is 0 Å². The van der Waals surface area contributed by atoms with Crippen molar-refractivity contribution < 1.29 is 0 Å². The molecule has 0 aliphatic carbocycles. The van der Waals surface area contributed by atoms with E-state index >= 15 is 0 Å². The molecule has 8 heavy (non-hydrogen) atoms. The van der Waals surface area contributed by atoms with Gasteiger partial charge in [-0.25, -0.2) is 0 Å². The predicted octanol–water partition coefficient (Wildman–Crippen LogP) is 1.93. The molecule has 0 N–H and O–H groups in total. The molecule has 1 heteroatoms. The van der Waals surface area contributed by atoms with Gasteiger partial charge in [0.1, 0.15) is 5.70 Å². The summed E-state index contributed by atoms with van der Waals surface area (Å²) in [6, 6.07) is 0. The number of hydrogen-bond acceptors (Lipinski definition) is 1. The van der Waals surface area contributed by atoms with Crippen LogP contribution in [-0.4, -0.2) is 6.72 Å². The van der Waals surface area contributed by atoms with Crippen LogP contribution in [0.25, 0.3) is 0 Å². The number of nitrogens with zero attached hydrogens (tertiary/aromatic N) is 1. The third-order valence-electron chi connectivity index (χ3n) is 0.656. The second-order valence-corrected chi connectivity index (χ2v) is 1.18. The molecule has 0 saturated carbocycles. The highest BCUT2D eigenvalue weighted by Gasteiger charge is 1.73. The van der Waals surface area contributed by atoms with Crippen LogP contribution < -0.4 is 0 Å². The van der Waals surface area contributed by atoms with Crippen LogP contribution in [0.4, 0.5) is 0 Å². The maximum atomic E-state index is 3.60. The average Bonchev–Trinajstić information content (AvgIpc) is 1.83. The van der Waals surface area contributed by atoms with E-state index in [-0.39, 0.29) is 0 Å². The molecule has 0 aromatic rings. The van der Waals surface area contributed by atoms with Crippen molar-refractivity contribution in [3.63, 3.8) is 0 Å². The second kappa shape index (κ2) is 4.10. The number of hydrogen-bond donors (Lipinski definition) is 0. The van der Waals surface area contributed by atoms with E-state index in [1.807, 2.05) is 6.92 Å². The van der Waals surface area contributed by atoms with Crippen LogP contribution >= 0.6 is 0 Å². The molecule has 0 aromatic heterocycles. The molecule has 0 fully saturated rings.